The van der Waals surface area contributed by atoms with Gasteiger partial charge < -0.3 is 10.2 Å². The molecule has 1 N–H and O–H groups in total. The number of nitrogens with zero attached hydrogens (tertiary/aromatic N) is 3. The SMILES string of the molecule is Cc1nn(Cc2ccc(Cl)cc2F)c2c1CCN(C(=O)CC1CCNCC1)C2. The molecule has 150 valence electrons. The first kappa shape index (κ1) is 19.4. The third kappa shape index (κ3) is 4.08. The van der Waals surface area contributed by atoms with Crippen molar-refractivity contribution in [2.75, 3.05) is 19.6 Å². The van der Waals surface area contributed by atoms with Crippen LogP contribution in [-0.2, 0) is 24.3 Å². The molecule has 0 radical (unpaired) electrons. The molecule has 0 spiro atoms. The van der Waals surface area contributed by atoms with Crippen LogP contribution in [0.5, 0.6) is 0 Å². The van der Waals surface area contributed by atoms with Crippen LogP contribution in [0.4, 0.5) is 4.39 Å². The van der Waals surface area contributed by atoms with Crippen LogP contribution in [0.3, 0.4) is 0 Å². The number of hydrogen-bond acceptors (Lipinski definition) is 3. The highest BCUT2D eigenvalue weighted by atomic mass is 35.5. The van der Waals surface area contributed by atoms with Crippen molar-refractivity contribution < 1.29 is 9.18 Å². The predicted octanol–water partition coefficient (Wildman–Crippen LogP) is 3.31. The van der Waals surface area contributed by atoms with E-state index in [2.05, 4.69) is 10.4 Å². The van der Waals surface area contributed by atoms with Gasteiger partial charge in [-0.1, -0.05) is 17.7 Å². The van der Waals surface area contributed by atoms with E-state index in [9.17, 15) is 9.18 Å². The lowest BCUT2D eigenvalue weighted by atomic mass is 9.93. The Balaban J connectivity index is 1.50. The lowest BCUT2D eigenvalue weighted by molar-refractivity contribution is -0.133. The zero-order valence-electron chi connectivity index (χ0n) is 16.2. The van der Waals surface area contributed by atoms with Gasteiger partial charge in [-0.3, -0.25) is 9.48 Å². The molecular weight excluding hydrogens is 379 g/mol. The number of fused-ring (bicyclic) bond motifs is 1. The van der Waals surface area contributed by atoms with E-state index in [1.54, 1.807) is 12.1 Å². The van der Waals surface area contributed by atoms with Gasteiger partial charge in [-0.25, -0.2) is 4.39 Å². The summed E-state index contributed by atoms with van der Waals surface area (Å²) in [6, 6.07) is 4.72. The topological polar surface area (TPSA) is 50.2 Å². The van der Waals surface area contributed by atoms with E-state index in [0.29, 0.717) is 36.0 Å². The Morgan fingerprint density at radius 2 is 2.14 bits per heavy atom. The minimum absolute atomic E-state index is 0.223. The fourth-order valence-electron chi connectivity index (χ4n) is 4.29. The summed E-state index contributed by atoms with van der Waals surface area (Å²) < 4.78 is 16.1. The number of hydrogen-bond donors (Lipinski definition) is 1. The van der Waals surface area contributed by atoms with Gasteiger partial charge >= 0.3 is 0 Å². The van der Waals surface area contributed by atoms with Crippen molar-refractivity contribution in [3.8, 4) is 0 Å². The molecule has 0 unspecified atom stereocenters. The molecule has 1 aromatic heterocycles. The summed E-state index contributed by atoms with van der Waals surface area (Å²) in [4.78, 5) is 14.8. The van der Waals surface area contributed by atoms with Crippen molar-refractivity contribution in [3.05, 3.63) is 51.6 Å². The van der Waals surface area contributed by atoms with Gasteiger partial charge in [0, 0.05) is 23.6 Å². The number of piperidine rings is 1. The Bertz CT molecular complexity index is 876. The lowest BCUT2D eigenvalue weighted by Gasteiger charge is -2.30. The summed E-state index contributed by atoms with van der Waals surface area (Å²) in [6.45, 7) is 5.62. The van der Waals surface area contributed by atoms with E-state index in [-0.39, 0.29) is 11.7 Å². The molecule has 3 heterocycles. The maximum absolute atomic E-state index is 14.2. The van der Waals surface area contributed by atoms with Gasteiger partial charge in [-0.05, 0) is 62.9 Å². The second kappa shape index (κ2) is 8.21. The summed E-state index contributed by atoms with van der Waals surface area (Å²) in [6.07, 6.45) is 3.56. The quantitative estimate of drug-likeness (QED) is 0.850. The van der Waals surface area contributed by atoms with E-state index >= 15 is 0 Å². The Labute approximate surface area is 169 Å². The van der Waals surface area contributed by atoms with Crippen LogP contribution in [-0.4, -0.2) is 40.2 Å². The van der Waals surface area contributed by atoms with Gasteiger partial charge in [-0.15, -0.1) is 0 Å². The summed E-state index contributed by atoms with van der Waals surface area (Å²) >= 11 is 5.86. The van der Waals surface area contributed by atoms with Gasteiger partial charge in [0.1, 0.15) is 5.82 Å². The molecule has 7 heteroatoms. The number of rotatable bonds is 4. The number of carbonyl (C=O) groups is 1. The summed E-state index contributed by atoms with van der Waals surface area (Å²) in [5.74, 6) is 0.370. The van der Waals surface area contributed by atoms with Crippen molar-refractivity contribution in [1.29, 1.82) is 0 Å². The number of amides is 1. The molecule has 0 saturated carbocycles. The van der Waals surface area contributed by atoms with Gasteiger partial charge in [0.25, 0.3) is 0 Å². The normalized spacial score (nSPS) is 17.6. The molecule has 1 saturated heterocycles. The van der Waals surface area contributed by atoms with Crippen LogP contribution >= 0.6 is 11.6 Å². The van der Waals surface area contributed by atoms with E-state index in [1.165, 1.54) is 11.6 Å². The second-order valence-electron chi connectivity index (χ2n) is 7.87. The van der Waals surface area contributed by atoms with Crippen molar-refractivity contribution in [3.63, 3.8) is 0 Å². The van der Waals surface area contributed by atoms with E-state index < -0.39 is 0 Å². The van der Waals surface area contributed by atoms with Crippen LogP contribution < -0.4 is 5.32 Å². The Kier molecular flexibility index (Phi) is 5.69. The van der Waals surface area contributed by atoms with Gasteiger partial charge in [-0.2, -0.15) is 5.10 Å². The summed E-state index contributed by atoms with van der Waals surface area (Å²) in [5.41, 5.74) is 3.74. The monoisotopic (exact) mass is 404 g/mol. The van der Waals surface area contributed by atoms with Crippen LogP contribution in [0.1, 0.15) is 41.8 Å². The summed E-state index contributed by atoms with van der Waals surface area (Å²) in [7, 11) is 0. The number of aryl methyl sites for hydroxylation is 1. The molecule has 5 nitrogen and oxygen atoms in total. The summed E-state index contributed by atoms with van der Waals surface area (Å²) in [5, 5.41) is 8.36. The zero-order chi connectivity index (χ0) is 19.7. The highest BCUT2D eigenvalue weighted by Crippen LogP contribution is 2.26. The number of aromatic nitrogens is 2. The maximum atomic E-state index is 14.2. The number of halogens is 2. The molecule has 2 aliphatic heterocycles. The van der Waals surface area contributed by atoms with Crippen LogP contribution in [0.15, 0.2) is 18.2 Å². The third-order valence-corrected chi connectivity index (χ3v) is 6.18. The minimum atomic E-state index is -0.330. The first-order valence-electron chi connectivity index (χ1n) is 9.99. The first-order chi connectivity index (χ1) is 13.5. The van der Waals surface area contributed by atoms with Gasteiger partial charge in [0.15, 0.2) is 0 Å². The van der Waals surface area contributed by atoms with Crippen LogP contribution in [0.2, 0.25) is 5.02 Å². The van der Waals surface area contributed by atoms with E-state index in [1.807, 2.05) is 16.5 Å². The molecule has 0 atom stereocenters. The average molecular weight is 405 g/mol. The highest BCUT2D eigenvalue weighted by Gasteiger charge is 2.28. The Hall–Kier alpha value is -1.92. The third-order valence-electron chi connectivity index (χ3n) is 5.95. The van der Waals surface area contributed by atoms with E-state index in [4.69, 9.17) is 11.6 Å². The fraction of sp³-hybridized carbons (Fsp3) is 0.524. The molecule has 0 aliphatic carbocycles. The van der Waals surface area contributed by atoms with Crippen LogP contribution in [0.25, 0.3) is 0 Å². The molecule has 1 amide bonds. The van der Waals surface area contributed by atoms with Gasteiger partial charge in [0.2, 0.25) is 5.91 Å². The van der Waals surface area contributed by atoms with Crippen molar-refractivity contribution in [1.82, 2.24) is 20.0 Å². The maximum Gasteiger partial charge on any atom is 0.223 e. The molecule has 2 aliphatic rings. The van der Waals surface area contributed by atoms with Crippen molar-refractivity contribution in [2.24, 2.45) is 5.92 Å². The predicted molar refractivity (Wildman–Crippen MR) is 107 cm³/mol. The molecular formula is C21H26ClFN4O. The van der Waals surface area contributed by atoms with Crippen LogP contribution in [0, 0.1) is 18.7 Å². The number of benzene rings is 1. The van der Waals surface area contributed by atoms with Crippen molar-refractivity contribution in [2.45, 2.75) is 45.7 Å². The lowest BCUT2D eigenvalue weighted by Crippen LogP contribution is -2.39. The molecule has 1 aromatic carbocycles. The highest BCUT2D eigenvalue weighted by molar-refractivity contribution is 6.30. The van der Waals surface area contributed by atoms with E-state index in [0.717, 1.165) is 50.3 Å². The second-order valence-corrected chi connectivity index (χ2v) is 8.30. The Morgan fingerprint density at radius 3 is 2.89 bits per heavy atom. The standard InChI is InChI=1S/C21H26ClFN4O/c1-14-18-6-9-26(21(28)10-15-4-7-24-8-5-15)13-20(18)27(25-14)12-16-2-3-17(22)11-19(16)23/h2-3,11,15,24H,4-10,12-13H2,1H3. The number of nitrogens with one attached hydrogen (secondary N) is 1. The minimum Gasteiger partial charge on any atom is -0.336 e. The van der Waals surface area contributed by atoms with Crippen molar-refractivity contribution >= 4 is 17.5 Å². The number of carbonyl (C=O) groups excluding carboxylic acids is 1. The molecule has 2 aromatic rings. The molecule has 0 bridgehead atoms. The molecule has 4 rings (SSSR count). The fourth-order valence-corrected chi connectivity index (χ4v) is 4.45. The largest absolute Gasteiger partial charge is 0.336 e. The zero-order valence-corrected chi connectivity index (χ0v) is 16.9. The van der Waals surface area contributed by atoms with Gasteiger partial charge in [0.05, 0.1) is 24.5 Å². The molecule has 28 heavy (non-hydrogen) atoms. The molecule has 1 fully saturated rings. The average Bonchev–Trinajstić information content (AvgIpc) is 3.00. The Morgan fingerprint density at radius 1 is 1.36 bits per heavy atom. The first-order valence-corrected chi connectivity index (χ1v) is 10.4. The smallest absolute Gasteiger partial charge is 0.223 e.